The molecule has 6 rings (SSSR count). The van der Waals surface area contributed by atoms with Gasteiger partial charge in [0.25, 0.3) is 11.8 Å². The van der Waals surface area contributed by atoms with Crippen molar-refractivity contribution in [2.75, 3.05) is 5.23 Å². The second-order valence-electron chi connectivity index (χ2n) is 16.3. The third-order valence-electron chi connectivity index (χ3n) is 11.4. The number of nitrogens with one attached hydrogen (secondary N) is 4. The molecule has 0 radical (unpaired) electrons. The minimum Gasteiger partial charge on any atom is -0.731 e. The van der Waals surface area contributed by atoms with Crippen molar-refractivity contribution in [3.05, 3.63) is 17.1 Å². The molecule has 16 nitrogen and oxygen atoms in total. The number of rotatable bonds is 12. The predicted octanol–water partition coefficient (Wildman–Crippen LogP) is 2.79. The van der Waals surface area contributed by atoms with Crippen LogP contribution in [0.5, 0.6) is 0 Å². The number of ketones is 1. The van der Waals surface area contributed by atoms with E-state index in [1.807, 2.05) is 27.7 Å². The van der Waals surface area contributed by atoms with Crippen molar-refractivity contribution in [3.63, 3.8) is 0 Å². The zero-order valence-corrected chi connectivity index (χ0v) is 30.7. The van der Waals surface area contributed by atoms with Crippen LogP contribution < -0.4 is 21.2 Å². The number of nitrogens with zero attached hydrogens (tertiary/aromatic N) is 4. The number of carbonyl (C=O) groups excluding carboxylic acids is 6. The van der Waals surface area contributed by atoms with Crippen LogP contribution in [0.1, 0.15) is 128 Å². The lowest BCUT2D eigenvalue weighted by molar-refractivity contribution is -0.180. The lowest BCUT2D eigenvalue weighted by atomic mass is 9.81. The Balaban J connectivity index is 1.26. The number of aromatic amines is 1. The molecule has 16 heteroatoms. The number of hydrogen-bond donors (Lipinski definition) is 4. The number of amides is 5. The van der Waals surface area contributed by atoms with Crippen molar-refractivity contribution < 1.29 is 33.7 Å². The number of Topliss-reactive ketones (excluding diaryl/α,β-unsaturated/α-hetero) is 1. The summed E-state index contributed by atoms with van der Waals surface area (Å²) < 4.78 is 0. The Morgan fingerprint density at radius 1 is 1.00 bits per heavy atom. The van der Waals surface area contributed by atoms with Crippen LogP contribution in [0.2, 0.25) is 0 Å². The predicted molar refractivity (Wildman–Crippen MR) is 187 cm³/mol. The molecule has 4 N–H and O–H groups in total. The lowest BCUT2D eigenvalue weighted by Crippen LogP contribution is -2.64. The van der Waals surface area contributed by atoms with E-state index in [1.54, 1.807) is 4.90 Å². The SMILES string of the molecule is CCC[C@H](NC(=O)[C@@H]1CC2CCCCC2N1C(=O)[C@@H](NC(=O)[C@H](C1CCCCC1)N1ON([O-])c2cn[nH]c2C1=O)C(C)(C)C)C(=O)C(=O)NC1CC1. The summed E-state index contributed by atoms with van der Waals surface area (Å²) in [5.74, 6) is -3.97. The highest BCUT2D eigenvalue weighted by Gasteiger charge is 2.52. The first kappa shape index (κ1) is 37.7. The number of likely N-dealkylation sites (tertiary alicyclic amines) is 1. The third kappa shape index (κ3) is 7.82. The lowest BCUT2D eigenvalue weighted by Gasteiger charge is -2.44. The fourth-order valence-corrected chi connectivity index (χ4v) is 8.49. The highest BCUT2D eigenvalue weighted by Crippen LogP contribution is 2.42. The molecule has 5 amide bonds. The van der Waals surface area contributed by atoms with E-state index in [9.17, 15) is 34.0 Å². The van der Waals surface area contributed by atoms with Crippen LogP contribution in [-0.2, 0) is 28.9 Å². The Morgan fingerprint density at radius 2 is 1.69 bits per heavy atom. The van der Waals surface area contributed by atoms with Gasteiger partial charge in [0.15, 0.2) is 5.69 Å². The van der Waals surface area contributed by atoms with Gasteiger partial charge in [0, 0.05) is 12.1 Å². The fraction of sp³-hybridized carbons (Fsp3) is 0.750. The van der Waals surface area contributed by atoms with Gasteiger partial charge in [-0.05, 0) is 68.6 Å². The maximum atomic E-state index is 14.9. The Bertz CT molecular complexity index is 1530. The van der Waals surface area contributed by atoms with E-state index in [2.05, 4.69) is 26.1 Å². The topological polar surface area (TPSA) is 209 Å². The first-order valence-electron chi connectivity index (χ1n) is 19.1. The van der Waals surface area contributed by atoms with Crippen molar-refractivity contribution in [2.24, 2.45) is 17.3 Å². The highest BCUT2D eigenvalue weighted by atomic mass is 17.0. The smallest absolute Gasteiger partial charge is 0.300 e. The minimum absolute atomic E-state index is 0.00968. The number of H-pyrrole nitrogens is 1. The normalized spacial score (nSPS) is 25.4. The molecule has 1 aromatic rings. The standard InChI is InChI=1S/C36H53N8O8/c1-5-11-23(29(45)33(48)38-22-16-17-22)39-31(46)25-18-21-14-9-10-15-24(21)42(25)35(50)30(36(2,3)4)40-32(47)28(20-12-7-6-8-13-20)43-34(49)27-26(19-37-41-27)44(51)52-43/h19-25,28,30H,5-18H2,1-4H3,(H,37,41)(H,38,48)(H,39,46)(H,40,47)/q-1/t21?,23-,24?,25-,28-,30+/m0/s1. The first-order valence-corrected chi connectivity index (χ1v) is 19.1. The Kier molecular flexibility index (Phi) is 11.2. The van der Waals surface area contributed by atoms with E-state index < -0.39 is 64.9 Å². The summed E-state index contributed by atoms with van der Waals surface area (Å²) in [6.07, 6.45) is 11.3. The number of aromatic nitrogens is 2. The van der Waals surface area contributed by atoms with Crippen molar-refractivity contribution >= 4 is 41.0 Å². The van der Waals surface area contributed by atoms with Gasteiger partial charge in [-0.3, -0.25) is 39.1 Å². The van der Waals surface area contributed by atoms with E-state index in [1.165, 1.54) is 6.20 Å². The van der Waals surface area contributed by atoms with Gasteiger partial charge < -0.3 is 26.1 Å². The van der Waals surface area contributed by atoms with Gasteiger partial charge in [-0.25, -0.2) is 0 Å². The van der Waals surface area contributed by atoms with Gasteiger partial charge in [-0.15, -0.1) is 0 Å². The molecule has 0 spiro atoms. The highest BCUT2D eigenvalue weighted by molar-refractivity contribution is 6.38. The molecule has 1 aromatic heterocycles. The molecule has 0 bridgehead atoms. The molecule has 5 aliphatic rings. The van der Waals surface area contributed by atoms with Crippen molar-refractivity contribution in [1.29, 1.82) is 0 Å². The Morgan fingerprint density at radius 3 is 2.37 bits per heavy atom. The molecule has 3 saturated carbocycles. The molecule has 3 aliphatic carbocycles. The van der Waals surface area contributed by atoms with Crippen LogP contribution >= 0.6 is 0 Å². The molecule has 0 aromatic carbocycles. The number of hydrogen-bond acceptors (Lipinski definition) is 10. The summed E-state index contributed by atoms with van der Waals surface area (Å²) in [6, 6.07) is -4.53. The second kappa shape index (κ2) is 15.5. The summed E-state index contributed by atoms with van der Waals surface area (Å²) in [5.41, 5.74) is -1.04. The van der Waals surface area contributed by atoms with Gasteiger partial charge in [0.05, 0.1) is 12.2 Å². The van der Waals surface area contributed by atoms with E-state index in [4.69, 9.17) is 4.94 Å². The van der Waals surface area contributed by atoms with Gasteiger partial charge in [-0.1, -0.05) is 66.2 Å². The van der Waals surface area contributed by atoms with Gasteiger partial charge in [0.1, 0.15) is 23.8 Å². The molecule has 4 fully saturated rings. The quantitative estimate of drug-likeness (QED) is 0.232. The fourth-order valence-electron chi connectivity index (χ4n) is 8.49. The zero-order chi connectivity index (χ0) is 37.3. The summed E-state index contributed by atoms with van der Waals surface area (Å²) >= 11 is 0. The Hall–Kier alpha value is -4.05. The molecular formula is C36H53N8O8-. The monoisotopic (exact) mass is 725 g/mol. The summed E-state index contributed by atoms with van der Waals surface area (Å²) in [5, 5.41) is 28.6. The van der Waals surface area contributed by atoms with Crippen LogP contribution in [0.15, 0.2) is 6.20 Å². The van der Waals surface area contributed by atoms with Crippen LogP contribution in [0, 0.1) is 22.5 Å². The number of carbonyl (C=O) groups is 6. The summed E-state index contributed by atoms with van der Waals surface area (Å²) in [4.78, 5) is 90.1. The average Bonchev–Trinajstić information content (AvgIpc) is 3.62. The average molecular weight is 726 g/mol. The van der Waals surface area contributed by atoms with Crippen LogP contribution in [0.25, 0.3) is 0 Å². The second-order valence-corrected chi connectivity index (χ2v) is 16.3. The zero-order valence-electron chi connectivity index (χ0n) is 30.7. The third-order valence-corrected chi connectivity index (χ3v) is 11.4. The molecule has 2 aliphatic heterocycles. The van der Waals surface area contributed by atoms with Gasteiger partial charge >= 0.3 is 0 Å². The maximum absolute atomic E-state index is 14.9. The number of anilines is 1. The van der Waals surface area contributed by atoms with Gasteiger partial charge in [-0.2, -0.15) is 15.1 Å². The molecule has 6 atom stereocenters. The van der Waals surface area contributed by atoms with Crippen LogP contribution in [0.4, 0.5) is 5.69 Å². The van der Waals surface area contributed by atoms with E-state index in [0.29, 0.717) is 32.1 Å². The molecule has 2 unspecified atom stereocenters. The van der Waals surface area contributed by atoms with Crippen molar-refractivity contribution in [1.82, 2.24) is 36.1 Å². The molecule has 3 heterocycles. The first-order chi connectivity index (χ1) is 24.8. The van der Waals surface area contributed by atoms with E-state index in [0.717, 1.165) is 56.4 Å². The number of hydroxylamine groups is 2. The Labute approximate surface area is 304 Å². The molecule has 52 heavy (non-hydrogen) atoms. The molecule has 286 valence electrons. The summed E-state index contributed by atoms with van der Waals surface area (Å²) in [7, 11) is 0. The van der Waals surface area contributed by atoms with Gasteiger partial charge in [0.2, 0.25) is 23.5 Å². The van der Waals surface area contributed by atoms with Crippen LogP contribution in [0.3, 0.4) is 0 Å². The molecular weight excluding hydrogens is 672 g/mol. The largest absolute Gasteiger partial charge is 0.731 e. The van der Waals surface area contributed by atoms with Crippen molar-refractivity contribution in [2.45, 2.75) is 154 Å². The van der Waals surface area contributed by atoms with E-state index >= 15 is 0 Å². The number of fused-ring (bicyclic) bond motifs is 2. The van der Waals surface area contributed by atoms with Crippen LogP contribution in [-0.4, -0.2) is 91.7 Å². The van der Waals surface area contributed by atoms with E-state index in [-0.39, 0.29) is 46.9 Å². The molecule has 1 saturated heterocycles. The maximum Gasteiger partial charge on any atom is 0.300 e. The minimum atomic E-state index is -1.22. The summed E-state index contributed by atoms with van der Waals surface area (Å²) in [6.45, 7) is 7.33. The van der Waals surface area contributed by atoms with Crippen molar-refractivity contribution in [3.8, 4) is 0 Å².